The third-order valence-electron chi connectivity index (χ3n) is 4.08. The van der Waals surface area contributed by atoms with Crippen LogP contribution in [0.4, 0.5) is 0 Å². The van der Waals surface area contributed by atoms with Crippen LogP contribution in [0.1, 0.15) is 46.0 Å². The summed E-state index contributed by atoms with van der Waals surface area (Å²) in [6, 6.07) is 0. The summed E-state index contributed by atoms with van der Waals surface area (Å²) in [7, 11) is 0. The first kappa shape index (κ1) is 14.2. The normalized spacial score (nSPS) is 24.3. The summed E-state index contributed by atoms with van der Waals surface area (Å²) in [4.78, 5) is 7.22. The van der Waals surface area contributed by atoms with Crippen molar-refractivity contribution < 1.29 is 0 Å². The van der Waals surface area contributed by atoms with Gasteiger partial charge in [0.1, 0.15) is 0 Å². The lowest BCUT2D eigenvalue weighted by atomic mass is 10.0. The number of likely N-dealkylation sites (N-methyl/N-ethyl adjacent to an activating group) is 1. The molecule has 2 fully saturated rings. The quantitative estimate of drug-likeness (QED) is 0.803. The zero-order chi connectivity index (χ0) is 12.8. The van der Waals surface area contributed by atoms with E-state index in [1.807, 2.05) is 11.8 Å². The predicted molar refractivity (Wildman–Crippen MR) is 81.5 cm³/mol. The highest BCUT2D eigenvalue weighted by molar-refractivity contribution is 8.14. The van der Waals surface area contributed by atoms with E-state index in [9.17, 15) is 0 Å². The fraction of sp³-hybridized carbons (Fsp3) is 0.929. The first-order chi connectivity index (χ1) is 8.78. The monoisotopic (exact) mass is 269 g/mol. The first-order valence-corrected chi connectivity index (χ1v) is 8.44. The summed E-state index contributed by atoms with van der Waals surface area (Å²) < 4.78 is 0. The zero-order valence-electron chi connectivity index (χ0n) is 11.9. The molecule has 0 aromatic carbocycles. The van der Waals surface area contributed by atoms with Gasteiger partial charge in [-0.05, 0) is 32.4 Å². The molecule has 104 valence electrons. The molecule has 0 atom stereocenters. The largest absolute Gasteiger partial charge is 0.359 e. The summed E-state index contributed by atoms with van der Waals surface area (Å²) in [6.07, 6.45) is 6.70. The maximum absolute atomic E-state index is 4.74. The van der Waals surface area contributed by atoms with Gasteiger partial charge in [-0.2, -0.15) is 0 Å². The number of hydrogen-bond donors (Lipinski definition) is 1. The predicted octanol–water partition coefficient (Wildman–Crippen LogP) is 2.72. The molecule has 1 aliphatic heterocycles. The molecule has 0 radical (unpaired) electrons. The summed E-state index contributed by atoms with van der Waals surface area (Å²) in [6.45, 7) is 8.86. The second-order valence-electron chi connectivity index (χ2n) is 5.52. The van der Waals surface area contributed by atoms with E-state index >= 15 is 0 Å². The van der Waals surface area contributed by atoms with Crippen LogP contribution in [-0.2, 0) is 0 Å². The minimum atomic E-state index is 0.414. The summed E-state index contributed by atoms with van der Waals surface area (Å²) in [5.74, 6) is 1.23. The Hall–Kier alpha value is -0.220. The van der Waals surface area contributed by atoms with Crippen molar-refractivity contribution in [3.8, 4) is 0 Å². The Bertz CT molecular complexity index is 285. The number of amidine groups is 1. The topological polar surface area (TPSA) is 27.6 Å². The molecule has 0 aromatic heterocycles. The van der Waals surface area contributed by atoms with Gasteiger partial charge in [0.15, 0.2) is 5.17 Å². The van der Waals surface area contributed by atoms with E-state index < -0.39 is 0 Å². The molecule has 1 spiro atoms. The van der Waals surface area contributed by atoms with Crippen LogP contribution in [0.3, 0.4) is 0 Å². The van der Waals surface area contributed by atoms with Gasteiger partial charge in [0.25, 0.3) is 0 Å². The van der Waals surface area contributed by atoms with Crippen LogP contribution in [-0.4, -0.2) is 47.5 Å². The first-order valence-electron chi connectivity index (χ1n) is 7.46. The maximum atomic E-state index is 4.74. The van der Waals surface area contributed by atoms with Crippen molar-refractivity contribution in [3.63, 3.8) is 0 Å². The summed E-state index contributed by atoms with van der Waals surface area (Å²) in [5.41, 5.74) is 0.414. The molecule has 1 saturated carbocycles. The lowest BCUT2D eigenvalue weighted by molar-refractivity contribution is 0.297. The molecule has 0 aromatic rings. The van der Waals surface area contributed by atoms with E-state index in [1.54, 1.807) is 0 Å². The molecule has 0 unspecified atom stereocenters. The Morgan fingerprint density at radius 2 is 2.06 bits per heavy atom. The molecule has 1 N–H and O–H groups in total. The van der Waals surface area contributed by atoms with Gasteiger partial charge in [-0.1, -0.05) is 38.5 Å². The van der Waals surface area contributed by atoms with Gasteiger partial charge in [-0.15, -0.1) is 0 Å². The van der Waals surface area contributed by atoms with Crippen LogP contribution in [0.25, 0.3) is 0 Å². The Kier molecular flexibility index (Phi) is 5.37. The average Bonchev–Trinajstić information content (AvgIpc) is 2.99. The third kappa shape index (κ3) is 3.64. The molecule has 2 aliphatic rings. The van der Waals surface area contributed by atoms with Gasteiger partial charge in [-0.3, -0.25) is 4.99 Å². The van der Waals surface area contributed by atoms with Gasteiger partial charge in [-0.25, -0.2) is 0 Å². The molecule has 4 heteroatoms. The Morgan fingerprint density at radius 1 is 1.28 bits per heavy atom. The van der Waals surface area contributed by atoms with E-state index in [2.05, 4.69) is 24.1 Å². The SMILES string of the molecule is CCCN(CC)CCN=C1NC2(CCCC2)CS1. The maximum Gasteiger partial charge on any atom is 0.157 e. The number of nitrogens with one attached hydrogen (secondary N) is 1. The highest BCUT2D eigenvalue weighted by Crippen LogP contribution is 2.37. The van der Waals surface area contributed by atoms with Crippen molar-refractivity contribution in [2.45, 2.75) is 51.5 Å². The summed E-state index contributed by atoms with van der Waals surface area (Å²) >= 11 is 1.93. The molecule has 1 heterocycles. The second kappa shape index (κ2) is 6.80. The van der Waals surface area contributed by atoms with Crippen molar-refractivity contribution in [2.24, 2.45) is 4.99 Å². The van der Waals surface area contributed by atoms with Crippen LogP contribution in [0.15, 0.2) is 4.99 Å². The average molecular weight is 269 g/mol. The Morgan fingerprint density at radius 3 is 2.72 bits per heavy atom. The molecule has 1 aliphatic carbocycles. The minimum Gasteiger partial charge on any atom is -0.359 e. The van der Waals surface area contributed by atoms with Crippen molar-refractivity contribution in [2.75, 3.05) is 31.9 Å². The van der Waals surface area contributed by atoms with E-state index in [4.69, 9.17) is 4.99 Å². The molecule has 0 amide bonds. The highest BCUT2D eigenvalue weighted by Gasteiger charge is 2.39. The lowest BCUT2D eigenvalue weighted by Gasteiger charge is -2.22. The van der Waals surface area contributed by atoms with Crippen LogP contribution >= 0.6 is 11.8 Å². The van der Waals surface area contributed by atoms with Crippen LogP contribution < -0.4 is 5.32 Å². The van der Waals surface area contributed by atoms with E-state index in [0.29, 0.717) is 5.54 Å². The van der Waals surface area contributed by atoms with Crippen molar-refractivity contribution in [1.82, 2.24) is 10.2 Å². The van der Waals surface area contributed by atoms with E-state index in [1.165, 1.54) is 49.6 Å². The van der Waals surface area contributed by atoms with Crippen molar-refractivity contribution >= 4 is 16.9 Å². The fourth-order valence-electron chi connectivity index (χ4n) is 2.95. The van der Waals surface area contributed by atoms with E-state index in [-0.39, 0.29) is 0 Å². The minimum absolute atomic E-state index is 0.414. The Labute approximate surface area is 116 Å². The molecule has 1 saturated heterocycles. The van der Waals surface area contributed by atoms with Crippen molar-refractivity contribution in [1.29, 1.82) is 0 Å². The number of thioether (sulfide) groups is 1. The van der Waals surface area contributed by atoms with E-state index in [0.717, 1.165) is 19.6 Å². The fourth-order valence-corrected chi connectivity index (χ4v) is 4.19. The van der Waals surface area contributed by atoms with Crippen molar-refractivity contribution in [3.05, 3.63) is 0 Å². The number of rotatable bonds is 6. The molecular weight excluding hydrogens is 242 g/mol. The standard InChI is InChI=1S/C14H27N3S/c1-3-10-17(4-2)11-9-15-13-16-14(12-18-13)7-5-6-8-14/h3-12H2,1-2H3,(H,15,16). The smallest absolute Gasteiger partial charge is 0.157 e. The number of hydrogen-bond acceptors (Lipinski definition) is 3. The third-order valence-corrected chi connectivity index (χ3v) is 5.28. The molecular formula is C14H27N3S. The zero-order valence-corrected chi connectivity index (χ0v) is 12.7. The van der Waals surface area contributed by atoms with Gasteiger partial charge in [0, 0.05) is 17.8 Å². The summed E-state index contributed by atoms with van der Waals surface area (Å²) in [5, 5.41) is 4.88. The van der Waals surface area contributed by atoms with Gasteiger partial charge in [0.2, 0.25) is 0 Å². The van der Waals surface area contributed by atoms with Crippen LogP contribution in [0.2, 0.25) is 0 Å². The molecule has 18 heavy (non-hydrogen) atoms. The molecule has 2 rings (SSSR count). The van der Waals surface area contributed by atoms with Gasteiger partial charge < -0.3 is 10.2 Å². The molecule has 3 nitrogen and oxygen atoms in total. The van der Waals surface area contributed by atoms with Crippen LogP contribution in [0.5, 0.6) is 0 Å². The Balaban J connectivity index is 1.73. The second-order valence-corrected chi connectivity index (χ2v) is 6.49. The van der Waals surface area contributed by atoms with Crippen LogP contribution in [0, 0.1) is 0 Å². The number of aliphatic imine (C=N–C) groups is 1. The molecule has 0 bridgehead atoms. The number of nitrogens with zero attached hydrogens (tertiary/aromatic N) is 2. The lowest BCUT2D eigenvalue weighted by Crippen LogP contribution is -2.40. The van der Waals surface area contributed by atoms with Gasteiger partial charge >= 0.3 is 0 Å². The van der Waals surface area contributed by atoms with Gasteiger partial charge in [0.05, 0.1) is 6.54 Å². The highest BCUT2D eigenvalue weighted by atomic mass is 32.2.